The molecule has 2 rings (SSSR count). The van der Waals surface area contributed by atoms with Gasteiger partial charge in [-0.1, -0.05) is 19.8 Å². The van der Waals surface area contributed by atoms with Crippen LogP contribution in [0.1, 0.15) is 51.9 Å². The fraction of sp³-hybridized carbons (Fsp3) is 1.00. The average Bonchev–Trinajstić information content (AvgIpc) is 3.02. The molecule has 88 valence electrons. The molecule has 0 bridgehead atoms. The number of aliphatic hydroxyl groups is 1. The zero-order valence-electron chi connectivity index (χ0n) is 9.97. The first kappa shape index (κ1) is 11.4. The van der Waals surface area contributed by atoms with E-state index in [1.54, 1.807) is 0 Å². The maximum atomic E-state index is 9.24. The van der Waals surface area contributed by atoms with E-state index in [9.17, 15) is 5.11 Å². The fourth-order valence-corrected chi connectivity index (χ4v) is 2.62. The lowest BCUT2D eigenvalue weighted by atomic mass is 10.0. The highest BCUT2D eigenvalue weighted by Crippen LogP contribution is 2.44. The summed E-state index contributed by atoms with van der Waals surface area (Å²) in [5.74, 6) is 0.921. The summed E-state index contributed by atoms with van der Waals surface area (Å²) in [5, 5.41) is 12.9. The summed E-state index contributed by atoms with van der Waals surface area (Å²) >= 11 is 0. The summed E-state index contributed by atoms with van der Waals surface area (Å²) < 4.78 is 0. The molecular weight excluding hydrogens is 186 g/mol. The highest BCUT2D eigenvalue weighted by Gasteiger charge is 2.41. The third-order valence-electron chi connectivity index (χ3n) is 4.32. The number of aliphatic hydroxyl groups excluding tert-OH is 1. The lowest BCUT2D eigenvalue weighted by Gasteiger charge is -2.20. The largest absolute Gasteiger partial charge is 0.396 e. The Labute approximate surface area is 93.5 Å². The molecule has 2 heteroatoms. The molecule has 0 aromatic heterocycles. The Balaban J connectivity index is 1.70. The van der Waals surface area contributed by atoms with Gasteiger partial charge in [0.25, 0.3) is 0 Å². The third kappa shape index (κ3) is 3.18. The first-order valence-corrected chi connectivity index (χ1v) is 6.58. The first-order chi connectivity index (χ1) is 7.24. The van der Waals surface area contributed by atoms with Crippen LogP contribution in [0.5, 0.6) is 0 Å². The molecule has 2 aliphatic carbocycles. The maximum Gasteiger partial charge on any atom is 0.0499 e. The zero-order chi connectivity index (χ0) is 10.7. The molecule has 0 saturated heterocycles. The van der Waals surface area contributed by atoms with Crippen molar-refractivity contribution in [2.75, 3.05) is 13.2 Å². The molecule has 0 aromatic carbocycles. The van der Waals surface area contributed by atoms with Crippen LogP contribution in [0.3, 0.4) is 0 Å². The van der Waals surface area contributed by atoms with E-state index in [1.165, 1.54) is 44.9 Å². The second-order valence-corrected chi connectivity index (χ2v) is 5.85. The topological polar surface area (TPSA) is 32.3 Å². The van der Waals surface area contributed by atoms with Gasteiger partial charge in [-0.3, -0.25) is 0 Å². The molecule has 2 unspecified atom stereocenters. The van der Waals surface area contributed by atoms with E-state index in [4.69, 9.17) is 0 Å². The third-order valence-corrected chi connectivity index (χ3v) is 4.32. The molecule has 15 heavy (non-hydrogen) atoms. The van der Waals surface area contributed by atoms with E-state index < -0.39 is 0 Å². The van der Waals surface area contributed by atoms with Gasteiger partial charge in [0.15, 0.2) is 0 Å². The highest BCUT2D eigenvalue weighted by molar-refractivity contribution is 4.95. The molecule has 0 amide bonds. The highest BCUT2D eigenvalue weighted by atomic mass is 16.3. The Morgan fingerprint density at radius 1 is 1.20 bits per heavy atom. The monoisotopic (exact) mass is 211 g/mol. The van der Waals surface area contributed by atoms with Gasteiger partial charge in [-0.05, 0) is 38.0 Å². The van der Waals surface area contributed by atoms with E-state index in [1.807, 2.05) is 0 Å². The molecule has 0 radical (unpaired) electrons. The Hall–Kier alpha value is -0.0800. The number of hydrogen-bond donors (Lipinski definition) is 2. The summed E-state index contributed by atoms with van der Waals surface area (Å²) in [5.41, 5.74) is 0.276. The summed E-state index contributed by atoms with van der Waals surface area (Å²) in [6.45, 7) is 3.80. The minimum Gasteiger partial charge on any atom is -0.396 e. The molecule has 2 nitrogen and oxygen atoms in total. The Morgan fingerprint density at radius 2 is 2.00 bits per heavy atom. The molecule has 0 heterocycles. The normalized spacial score (nSPS) is 34.8. The zero-order valence-corrected chi connectivity index (χ0v) is 9.97. The first-order valence-electron chi connectivity index (χ1n) is 6.58. The van der Waals surface area contributed by atoms with Gasteiger partial charge in [-0.2, -0.15) is 0 Å². The minimum atomic E-state index is 0.276. The second-order valence-electron chi connectivity index (χ2n) is 5.85. The van der Waals surface area contributed by atoms with E-state index in [0.717, 1.165) is 18.5 Å². The van der Waals surface area contributed by atoms with E-state index >= 15 is 0 Å². The summed E-state index contributed by atoms with van der Waals surface area (Å²) in [6, 6.07) is 0.721. The van der Waals surface area contributed by atoms with Crippen LogP contribution in [-0.4, -0.2) is 24.3 Å². The Bertz CT molecular complexity index is 201. The smallest absolute Gasteiger partial charge is 0.0499 e. The van der Waals surface area contributed by atoms with Crippen LogP contribution in [0.2, 0.25) is 0 Å². The van der Waals surface area contributed by atoms with Crippen molar-refractivity contribution in [2.24, 2.45) is 11.3 Å². The summed E-state index contributed by atoms with van der Waals surface area (Å²) in [6.07, 6.45) is 9.28. The summed E-state index contributed by atoms with van der Waals surface area (Å²) in [4.78, 5) is 0. The Kier molecular flexibility index (Phi) is 3.68. The quantitative estimate of drug-likeness (QED) is 0.699. The van der Waals surface area contributed by atoms with Crippen LogP contribution >= 0.6 is 0 Å². The van der Waals surface area contributed by atoms with Gasteiger partial charge in [0.1, 0.15) is 0 Å². The van der Waals surface area contributed by atoms with Crippen molar-refractivity contribution in [3.8, 4) is 0 Å². The van der Waals surface area contributed by atoms with Crippen molar-refractivity contribution < 1.29 is 5.11 Å². The van der Waals surface area contributed by atoms with Crippen molar-refractivity contribution in [1.29, 1.82) is 0 Å². The van der Waals surface area contributed by atoms with E-state index in [2.05, 4.69) is 12.2 Å². The van der Waals surface area contributed by atoms with Crippen LogP contribution in [0.4, 0.5) is 0 Å². The van der Waals surface area contributed by atoms with Crippen molar-refractivity contribution in [1.82, 2.24) is 5.32 Å². The molecule has 2 aliphatic rings. The van der Waals surface area contributed by atoms with Gasteiger partial charge < -0.3 is 10.4 Å². The van der Waals surface area contributed by atoms with Crippen LogP contribution in [0.25, 0.3) is 0 Å². The van der Waals surface area contributed by atoms with Gasteiger partial charge in [0, 0.05) is 24.6 Å². The van der Waals surface area contributed by atoms with Crippen LogP contribution in [-0.2, 0) is 0 Å². The predicted octanol–water partition coefficient (Wildman–Crippen LogP) is 2.32. The molecule has 0 aliphatic heterocycles. The molecule has 2 atom stereocenters. The lowest BCUT2D eigenvalue weighted by Crippen LogP contribution is -2.35. The predicted molar refractivity (Wildman–Crippen MR) is 62.8 cm³/mol. The molecule has 2 saturated carbocycles. The number of nitrogens with one attached hydrogen (secondary N) is 1. The Morgan fingerprint density at radius 3 is 2.67 bits per heavy atom. The SMILES string of the molecule is CC1CCCC(NCC2(CO)CC2)CC1. The van der Waals surface area contributed by atoms with Crippen molar-refractivity contribution >= 4 is 0 Å². The number of rotatable bonds is 4. The maximum absolute atomic E-state index is 9.24. The minimum absolute atomic E-state index is 0.276. The van der Waals surface area contributed by atoms with Gasteiger partial charge in [-0.25, -0.2) is 0 Å². The number of hydrogen-bond acceptors (Lipinski definition) is 2. The van der Waals surface area contributed by atoms with Gasteiger partial charge in [-0.15, -0.1) is 0 Å². The molecule has 0 spiro atoms. The van der Waals surface area contributed by atoms with Crippen LogP contribution in [0.15, 0.2) is 0 Å². The van der Waals surface area contributed by atoms with Gasteiger partial charge >= 0.3 is 0 Å². The van der Waals surface area contributed by atoms with Gasteiger partial charge in [0.05, 0.1) is 0 Å². The molecular formula is C13H25NO. The van der Waals surface area contributed by atoms with Crippen LogP contribution in [0, 0.1) is 11.3 Å². The summed E-state index contributed by atoms with van der Waals surface area (Å²) in [7, 11) is 0. The van der Waals surface area contributed by atoms with E-state index in [0.29, 0.717) is 6.61 Å². The van der Waals surface area contributed by atoms with Crippen molar-refractivity contribution in [2.45, 2.75) is 57.9 Å². The van der Waals surface area contributed by atoms with Crippen molar-refractivity contribution in [3.63, 3.8) is 0 Å². The molecule has 2 N–H and O–H groups in total. The lowest BCUT2D eigenvalue weighted by molar-refractivity contribution is 0.202. The fourth-order valence-electron chi connectivity index (χ4n) is 2.62. The second kappa shape index (κ2) is 4.84. The molecule has 2 fully saturated rings. The standard InChI is InChI=1S/C13H25NO/c1-11-3-2-4-12(6-5-11)14-9-13(10-15)7-8-13/h11-12,14-15H,2-10H2,1H3. The molecule has 0 aromatic rings. The van der Waals surface area contributed by atoms with Crippen molar-refractivity contribution in [3.05, 3.63) is 0 Å². The van der Waals surface area contributed by atoms with E-state index in [-0.39, 0.29) is 5.41 Å². The average molecular weight is 211 g/mol. The van der Waals surface area contributed by atoms with Gasteiger partial charge in [0.2, 0.25) is 0 Å². The van der Waals surface area contributed by atoms with Crippen LogP contribution < -0.4 is 5.32 Å².